The molecule has 26 heavy (non-hydrogen) atoms. The van der Waals surface area contributed by atoms with Crippen molar-refractivity contribution in [1.29, 1.82) is 0 Å². The molecular weight excluding hydrogens is 332 g/mol. The summed E-state index contributed by atoms with van der Waals surface area (Å²) in [4.78, 5) is 36.7. The maximum Gasteiger partial charge on any atom is 0.253 e. The van der Waals surface area contributed by atoms with Gasteiger partial charge in [-0.15, -0.1) is 0 Å². The summed E-state index contributed by atoms with van der Waals surface area (Å²) in [5, 5.41) is 5.74. The topological polar surface area (TPSA) is 105 Å². The standard InChI is InChI=1S/C19H22N4O3/c1-12-4-5-14(18(20)25)10-16(12)21-11-17(24)22-15-8-6-13(7-9-15)19(26)23(2)3/h4-10,21H,11H2,1-3H3,(H2,20,25)(H,22,24). The summed E-state index contributed by atoms with van der Waals surface area (Å²) in [6.07, 6.45) is 0. The van der Waals surface area contributed by atoms with Gasteiger partial charge in [-0.05, 0) is 48.9 Å². The summed E-state index contributed by atoms with van der Waals surface area (Å²) < 4.78 is 0. The van der Waals surface area contributed by atoms with Crippen molar-refractivity contribution >= 4 is 29.1 Å². The van der Waals surface area contributed by atoms with Gasteiger partial charge in [0.15, 0.2) is 0 Å². The van der Waals surface area contributed by atoms with Crippen molar-refractivity contribution in [2.75, 3.05) is 31.3 Å². The molecule has 136 valence electrons. The Morgan fingerprint density at radius 2 is 1.62 bits per heavy atom. The maximum atomic E-state index is 12.1. The molecule has 0 bridgehead atoms. The number of rotatable bonds is 6. The van der Waals surface area contributed by atoms with Crippen LogP contribution in [0.4, 0.5) is 11.4 Å². The number of primary amides is 1. The number of aryl methyl sites for hydroxylation is 1. The Balaban J connectivity index is 1.96. The Morgan fingerprint density at radius 3 is 2.19 bits per heavy atom. The molecule has 0 fully saturated rings. The van der Waals surface area contributed by atoms with Crippen molar-refractivity contribution in [3.05, 3.63) is 59.2 Å². The number of hydrogen-bond donors (Lipinski definition) is 3. The maximum absolute atomic E-state index is 12.1. The van der Waals surface area contributed by atoms with E-state index < -0.39 is 5.91 Å². The van der Waals surface area contributed by atoms with E-state index >= 15 is 0 Å². The van der Waals surface area contributed by atoms with Crippen molar-refractivity contribution in [2.45, 2.75) is 6.92 Å². The molecule has 2 aromatic carbocycles. The first-order valence-electron chi connectivity index (χ1n) is 8.04. The second-order valence-electron chi connectivity index (χ2n) is 6.07. The van der Waals surface area contributed by atoms with E-state index in [-0.39, 0.29) is 18.4 Å². The third-order valence-electron chi connectivity index (χ3n) is 3.78. The molecule has 7 nitrogen and oxygen atoms in total. The minimum absolute atomic E-state index is 0.0292. The van der Waals surface area contributed by atoms with Crippen molar-refractivity contribution < 1.29 is 14.4 Å². The number of amides is 3. The molecule has 3 amide bonds. The molecule has 2 rings (SSSR count). The summed E-state index contributed by atoms with van der Waals surface area (Å²) in [6, 6.07) is 11.7. The predicted octanol–water partition coefficient (Wildman–Crippen LogP) is 1.85. The highest BCUT2D eigenvalue weighted by Crippen LogP contribution is 2.17. The molecule has 0 aliphatic carbocycles. The minimum Gasteiger partial charge on any atom is -0.376 e. The number of hydrogen-bond acceptors (Lipinski definition) is 4. The van der Waals surface area contributed by atoms with Crippen molar-refractivity contribution in [1.82, 2.24) is 4.90 Å². The van der Waals surface area contributed by atoms with Crippen LogP contribution < -0.4 is 16.4 Å². The van der Waals surface area contributed by atoms with Gasteiger partial charge in [-0.2, -0.15) is 0 Å². The van der Waals surface area contributed by atoms with Crippen LogP contribution in [0.2, 0.25) is 0 Å². The molecule has 0 unspecified atom stereocenters. The van der Waals surface area contributed by atoms with Gasteiger partial charge in [0, 0.05) is 36.6 Å². The minimum atomic E-state index is -0.523. The highest BCUT2D eigenvalue weighted by Gasteiger charge is 2.09. The zero-order chi connectivity index (χ0) is 19.3. The zero-order valence-electron chi connectivity index (χ0n) is 15.0. The lowest BCUT2D eigenvalue weighted by molar-refractivity contribution is -0.114. The third kappa shape index (κ3) is 4.83. The monoisotopic (exact) mass is 354 g/mol. The van der Waals surface area contributed by atoms with E-state index in [1.54, 1.807) is 56.6 Å². The van der Waals surface area contributed by atoms with E-state index in [1.807, 2.05) is 6.92 Å². The largest absolute Gasteiger partial charge is 0.376 e. The van der Waals surface area contributed by atoms with Gasteiger partial charge in [-0.25, -0.2) is 0 Å². The second-order valence-corrected chi connectivity index (χ2v) is 6.07. The van der Waals surface area contributed by atoms with Crippen LogP contribution in [0.1, 0.15) is 26.3 Å². The van der Waals surface area contributed by atoms with Crippen LogP contribution in [-0.4, -0.2) is 43.3 Å². The van der Waals surface area contributed by atoms with Crippen molar-refractivity contribution in [3.8, 4) is 0 Å². The Hall–Kier alpha value is -3.35. The normalized spacial score (nSPS) is 10.1. The second kappa shape index (κ2) is 8.15. The highest BCUT2D eigenvalue weighted by atomic mass is 16.2. The van der Waals surface area contributed by atoms with Crippen LogP contribution in [-0.2, 0) is 4.79 Å². The number of carbonyl (C=O) groups excluding carboxylic acids is 3. The van der Waals surface area contributed by atoms with E-state index in [9.17, 15) is 14.4 Å². The lowest BCUT2D eigenvalue weighted by atomic mass is 10.1. The molecule has 0 saturated heterocycles. The zero-order valence-corrected chi connectivity index (χ0v) is 15.0. The Bertz CT molecular complexity index is 829. The quantitative estimate of drug-likeness (QED) is 0.736. The molecule has 0 aliphatic heterocycles. The van der Waals surface area contributed by atoms with Crippen LogP contribution in [0.3, 0.4) is 0 Å². The number of nitrogens with two attached hydrogens (primary N) is 1. The van der Waals surface area contributed by atoms with Gasteiger partial charge < -0.3 is 21.3 Å². The van der Waals surface area contributed by atoms with Gasteiger partial charge in [-0.1, -0.05) is 6.07 Å². The number of nitrogens with one attached hydrogen (secondary N) is 2. The molecule has 0 atom stereocenters. The van der Waals surface area contributed by atoms with E-state index in [1.165, 1.54) is 4.90 Å². The summed E-state index contributed by atoms with van der Waals surface area (Å²) in [5.74, 6) is -0.875. The Morgan fingerprint density at radius 1 is 1.00 bits per heavy atom. The highest BCUT2D eigenvalue weighted by molar-refractivity contribution is 5.97. The van der Waals surface area contributed by atoms with E-state index in [2.05, 4.69) is 10.6 Å². The number of nitrogens with zero attached hydrogens (tertiary/aromatic N) is 1. The Labute approximate surface area is 152 Å². The first kappa shape index (κ1) is 19.0. The molecule has 0 aliphatic rings. The van der Waals surface area contributed by atoms with Crippen LogP contribution in [0.25, 0.3) is 0 Å². The summed E-state index contributed by atoms with van der Waals surface area (Å²) >= 11 is 0. The van der Waals surface area contributed by atoms with Crippen molar-refractivity contribution in [3.63, 3.8) is 0 Å². The fraction of sp³-hybridized carbons (Fsp3) is 0.211. The fourth-order valence-electron chi connectivity index (χ4n) is 2.30. The number of anilines is 2. The molecule has 0 aromatic heterocycles. The number of benzene rings is 2. The lowest BCUT2D eigenvalue weighted by Gasteiger charge is -2.12. The summed E-state index contributed by atoms with van der Waals surface area (Å²) in [7, 11) is 3.36. The molecule has 4 N–H and O–H groups in total. The fourth-order valence-corrected chi connectivity index (χ4v) is 2.30. The first-order valence-corrected chi connectivity index (χ1v) is 8.04. The van der Waals surface area contributed by atoms with Crippen LogP contribution >= 0.6 is 0 Å². The van der Waals surface area contributed by atoms with Gasteiger partial charge in [0.2, 0.25) is 11.8 Å². The predicted molar refractivity (Wildman–Crippen MR) is 101 cm³/mol. The average molecular weight is 354 g/mol. The van der Waals surface area contributed by atoms with E-state index in [0.717, 1.165) is 5.56 Å². The molecule has 0 saturated carbocycles. The van der Waals surface area contributed by atoms with Gasteiger partial charge in [0.25, 0.3) is 5.91 Å². The van der Waals surface area contributed by atoms with Crippen molar-refractivity contribution in [2.24, 2.45) is 5.73 Å². The van der Waals surface area contributed by atoms with Gasteiger partial charge in [-0.3, -0.25) is 14.4 Å². The van der Waals surface area contributed by atoms with Gasteiger partial charge in [0.05, 0.1) is 6.54 Å². The molecule has 0 heterocycles. The molecule has 2 aromatic rings. The molecular formula is C19H22N4O3. The lowest BCUT2D eigenvalue weighted by Crippen LogP contribution is -2.23. The van der Waals surface area contributed by atoms with Crippen LogP contribution in [0.5, 0.6) is 0 Å². The summed E-state index contributed by atoms with van der Waals surface area (Å²) in [5.41, 5.74) is 8.35. The first-order chi connectivity index (χ1) is 12.3. The van der Waals surface area contributed by atoms with Gasteiger partial charge >= 0.3 is 0 Å². The van der Waals surface area contributed by atoms with Gasteiger partial charge in [0.1, 0.15) is 0 Å². The third-order valence-corrected chi connectivity index (χ3v) is 3.78. The van der Waals surface area contributed by atoms with Crippen LogP contribution in [0, 0.1) is 6.92 Å². The molecule has 0 spiro atoms. The smallest absolute Gasteiger partial charge is 0.253 e. The summed E-state index contributed by atoms with van der Waals surface area (Å²) in [6.45, 7) is 1.90. The van der Waals surface area contributed by atoms with Crippen LogP contribution in [0.15, 0.2) is 42.5 Å². The van der Waals surface area contributed by atoms with E-state index in [4.69, 9.17) is 5.73 Å². The SMILES string of the molecule is Cc1ccc(C(N)=O)cc1NCC(=O)Nc1ccc(C(=O)N(C)C)cc1. The van der Waals surface area contributed by atoms with E-state index in [0.29, 0.717) is 22.5 Å². The average Bonchev–Trinajstić information content (AvgIpc) is 2.60. The molecule has 7 heteroatoms. The molecule has 0 radical (unpaired) electrons. The number of carbonyl (C=O) groups is 3. The Kier molecular flexibility index (Phi) is 5.95.